The van der Waals surface area contributed by atoms with E-state index in [4.69, 9.17) is 17.3 Å². The summed E-state index contributed by atoms with van der Waals surface area (Å²) in [6, 6.07) is 7.22. The summed E-state index contributed by atoms with van der Waals surface area (Å²) in [6.45, 7) is 8.21. The van der Waals surface area contributed by atoms with Crippen LogP contribution >= 0.6 is 12.2 Å². The lowest BCUT2D eigenvalue weighted by Crippen LogP contribution is -2.43. The van der Waals surface area contributed by atoms with Crippen LogP contribution in [0.5, 0.6) is 0 Å². The molecular weight excluding hydrogens is 384 g/mol. The van der Waals surface area contributed by atoms with Gasteiger partial charge in [0.05, 0.1) is 0 Å². The molecule has 2 aromatic rings. The molecule has 2 atom stereocenters. The van der Waals surface area contributed by atoms with E-state index in [9.17, 15) is 4.79 Å². The maximum Gasteiger partial charge on any atom is 0.323 e. The topological polar surface area (TPSA) is 80.4 Å². The number of aliphatic carboxylic acids is 1. The first-order valence-corrected chi connectivity index (χ1v) is 10.9. The molecule has 1 heterocycles. The van der Waals surface area contributed by atoms with E-state index in [0.717, 1.165) is 36.9 Å². The third-order valence-corrected chi connectivity index (χ3v) is 6.10. The van der Waals surface area contributed by atoms with Crippen molar-refractivity contribution >= 4 is 39.9 Å². The molecule has 0 spiro atoms. The van der Waals surface area contributed by atoms with Gasteiger partial charge in [-0.15, -0.1) is 0 Å². The predicted octanol–water partition coefficient (Wildman–Crippen LogP) is 3.91. The lowest BCUT2D eigenvalue weighted by atomic mass is 9.91. The second-order valence-corrected chi connectivity index (χ2v) is 8.69. The first-order valence-electron chi connectivity index (χ1n) is 10.5. The smallest absolute Gasteiger partial charge is 0.323 e. The monoisotopic (exact) mass is 416 g/mol. The molecule has 1 aliphatic carbocycles. The standard InChI is InChI=1S/C22H32N4O2S/c1-5-14(4)23-15-6-8-19-17(10-15)18-11-16(7-9-20(18)25-19)24-22(29)26(13(2)3)12-21(27)28/h7,9,11,13-15,23,25H,5-6,8,10,12H2,1-4H3,(H,24,29)(H,27,28). The van der Waals surface area contributed by atoms with Gasteiger partial charge in [0.15, 0.2) is 5.11 Å². The maximum atomic E-state index is 11.2. The first kappa shape index (κ1) is 21.6. The van der Waals surface area contributed by atoms with Crippen LogP contribution in [0.25, 0.3) is 10.9 Å². The number of thiocarbonyl (C=S) groups is 1. The molecule has 1 aliphatic rings. The van der Waals surface area contributed by atoms with E-state index in [1.807, 2.05) is 19.9 Å². The molecule has 1 aromatic carbocycles. The lowest BCUT2D eigenvalue weighted by molar-refractivity contribution is -0.137. The molecule has 158 valence electrons. The number of H-pyrrole nitrogens is 1. The van der Waals surface area contributed by atoms with Gasteiger partial charge in [-0.2, -0.15) is 0 Å². The Morgan fingerprint density at radius 3 is 2.79 bits per heavy atom. The average molecular weight is 417 g/mol. The molecule has 4 N–H and O–H groups in total. The quantitative estimate of drug-likeness (QED) is 0.513. The van der Waals surface area contributed by atoms with Crippen molar-refractivity contribution in [1.82, 2.24) is 15.2 Å². The number of carboxylic acid groups (broad SMARTS) is 1. The van der Waals surface area contributed by atoms with E-state index in [-0.39, 0.29) is 12.6 Å². The second-order valence-electron chi connectivity index (χ2n) is 8.30. The number of anilines is 1. The molecule has 0 aliphatic heterocycles. The minimum absolute atomic E-state index is 0.00207. The number of carboxylic acids is 1. The lowest BCUT2D eigenvalue weighted by Gasteiger charge is -2.28. The number of hydrogen-bond donors (Lipinski definition) is 4. The number of aromatic nitrogens is 1. The zero-order valence-electron chi connectivity index (χ0n) is 17.7. The molecule has 7 heteroatoms. The largest absolute Gasteiger partial charge is 0.480 e. The van der Waals surface area contributed by atoms with Gasteiger partial charge >= 0.3 is 5.97 Å². The number of carbonyl (C=O) groups is 1. The van der Waals surface area contributed by atoms with E-state index >= 15 is 0 Å². The van der Waals surface area contributed by atoms with Crippen LogP contribution in [0.15, 0.2) is 18.2 Å². The van der Waals surface area contributed by atoms with Crippen LogP contribution in [0.3, 0.4) is 0 Å². The van der Waals surface area contributed by atoms with Crippen molar-refractivity contribution in [1.29, 1.82) is 0 Å². The minimum atomic E-state index is -0.891. The van der Waals surface area contributed by atoms with Crippen LogP contribution < -0.4 is 10.6 Å². The number of nitrogens with zero attached hydrogens (tertiary/aromatic N) is 1. The summed E-state index contributed by atoms with van der Waals surface area (Å²) in [5, 5.41) is 17.8. The van der Waals surface area contributed by atoms with Crippen molar-refractivity contribution in [3.8, 4) is 0 Å². The highest BCUT2D eigenvalue weighted by molar-refractivity contribution is 7.80. The van der Waals surface area contributed by atoms with Gasteiger partial charge in [0, 0.05) is 40.4 Å². The first-order chi connectivity index (χ1) is 13.8. The number of aromatic amines is 1. The molecule has 0 fully saturated rings. The van der Waals surface area contributed by atoms with Crippen LogP contribution in [0.4, 0.5) is 5.69 Å². The van der Waals surface area contributed by atoms with E-state index < -0.39 is 5.97 Å². The molecule has 0 amide bonds. The highest BCUT2D eigenvalue weighted by Crippen LogP contribution is 2.31. The molecule has 29 heavy (non-hydrogen) atoms. The number of hydrogen-bond acceptors (Lipinski definition) is 3. The average Bonchev–Trinajstić information content (AvgIpc) is 3.03. The predicted molar refractivity (Wildman–Crippen MR) is 123 cm³/mol. The summed E-state index contributed by atoms with van der Waals surface area (Å²) in [7, 11) is 0. The SMILES string of the molecule is CCC(C)NC1CCc2[nH]c3ccc(NC(=S)N(CC(=O)O)C(C)C)cc3c2C1. The van der Waals surface area contributed by atoms with Crippen molar-refractivity contribution in [3.63, 3.8) is 0 Å². The third kappa shape index (κ3) is 5.08. The van der Waals surface area contributed by atoms with Crippen molar-refractivity contribution < 1.29 is 9.90 Å². The Bertz CT molecular complexity index is 892. The van der Waals surface area contributed by atoms with E-state index in [2.05, 4.69) is 41.6 Å². The van der Waals surface area contributed by atoms with Crippen molar-refractivity contribution in [2.24, 2.45) is 0 Å². The molecule has 6 nitrogen and oxygen atoms in total. The molecule has 1 aromatic heterocycles. The van der Waals surface area contributed by atoms with Gasteiger partial charge in [0.2, 0.25) is 0 Å². The molecule has 0 bridgehead atoms. The second kappa shape index (κ2) is 9.13. The van der Waals surface area contributed by atoms with Crippen LogP contribution in [-0.4, -0.2) is 50.7 Å². The van der Waals surface area contributed by atoms with Crippen LogP contribution in [0, 0.1) is 0 Å². The summed E-state index contributed by atoms with van der Waals surface area (Å²) in [5.41, 5.74) is 4.74. The molecular formula is C22H32N4O2S. The summed E-state index contributed by atoms with van der Waals surface area (Å²) in [5.74, 6) is -0.891. The number of rotatable bonds is 7. The Balaban J connectivity index is 1.80. The summed E-state index contributed by atoms with van der Waals surface area (Å²) >= 11 is 5.49. The van der Waals surface area contributed by atoms with Crippen molar-refractivity contribution in [2.45, 2.75) is 71.5 Å². The van der Waals surface area contributed by atoms with Gasteiger partial charge in [0.1, 0.15) is 6.54 Å². The van der Waals surface area contributed by atoms with Crippen LogP contribution in [0.2, 0.25) is 0 Å². The summed E-state index contributed by atoms with van der Waals surface area (Å²) < 4.78 is 0. The Morgan fingerprint density at radius 2 is 2.14 bits per heavy atom. The van der Waals surface area contributed by atoms with Gasteiger partial charge in [0.25, 0.3) is 0 Å². The highest BCUT2D eigenvalue weighted by Gasteiger charge is 2.23. The molecule has 2 unspecified atom stereocenters. The zero-order valence-corrected chi connectivity index (χ0v) is 18.5. The Hall–Kier alpha value is -2.12. The molecule has 0 radical (unpaired) electrons. The van der Waals surface area contributed by atoms with Gasteiger partial charge < -0.3 is 25.6 Å². The Morgan fingerprint density at radius 1 is 1.38 bits per heavy atom. The van der Waals surface area contributed by atoms with Gasteiger partial charge in [-0.05, 0) is 82.4 Å². The fourth-order valence-corrected chi connectivity index (χ4v) is 4.38. The van der Waals surface area contributed by atoms with Gasteiger partial charge in [-0.3, -0.25) is 4.79 Å². The minimum Gasteiger partial charge on any atom is -0.480 e. The third-order valence-electron chi connectivity index (χ3n) is 5.76. The highest BCUT2D eigenvalue weighted by atomic mass is 32.1. The van der Waals surface area contributed by atoms with Gasteiger partial charge in [-0.1, -0.05) is 6.92 Å². The van der Waals surface area contributed by atoms with Crippen LogP contribution in [0.1, 0.15) is 51.8 Å². The zero-order chi connectivity index (χ0) is 21.1. The fourth-order valence-electron chi connectivity index (χ4n) is 3.99. The number of aryl methyl sites for hydroxylation is 1. The van der Waals surface area contributed by atoms with Crippen molar-refractivity contribution in [2.75, 3.05) is 11.9 Å². The van der Waals surface area contributed by atoms with Crippen molar-refractivity contribution in [3.05, 3.63) is 29.5 Å². The molecule has 0 saturated carbocycles. The Labute approximate surface area is 178 Å². The number of fused-ring (bicyclic) bond motifs is 3. The maximum absolute atomic E-state index is 11.2. The fraction of sp³-hybridized carbons (Fsp3) is 0.545. The van der Waals surface area contributed by atoms with Gasteiger partial charge in [-0.25, -0.2) is 0 Å². The normalized spacial score (nSPS) is 17.2. The summed E-state index contributed by atoms with van der Waals surface area (Å²) in [6.07, 6.45) is 4.35. The van der Waals surface area contributed by atoms with E-state index in [1.54, 1.807) is 4.90 Å². The van der Waals surface area contributed by atoms with Crippen LogP contribution in [-0.2, 0) is 17.6 Å². The number of benzene rings is 1. The Kier molecular flexibility index (Phi) is 6.80. The number of nitrogens with one attached hydrogen (secondary N) is 3. The molecule has 3 rings (SSSR count). The summed E-state index contributed by atoms with van der Waals surface area (Å²) in [4.78, 5) is 16.4. The van der Waals surface area contributed by atoms with E-state index in [1.165, 1.54) is 16.6 Å². The van der Waals surface area contributed by atoms with E-state index in [0.29, 0.717) is 17.2 Å². The molecule has 0 saturated heterocycles.